The Morgan fingerprint density at radius 1 is 1.21 bits per heavy atom. The lowest BCUT2D eigenvalue weighted by molar-refractivity contribution is -0.150. The molecule has 2 fully saturated rings. The van der Waals surface area contributed by atoms with Gasteiger partial charge in [0.1, 0.15) is 5.75 Å². The molecule has 3 rings (SSSR count). The monoisotopic (exact) mass is 268 g/mol. The third-order valence-corrected chi connectivity index (χ3v) is 4.35. The minimum atomic E-state index is -2.86. The Morgan fingerprint density at radius 3 is 2.21 bits per heavy atom. The van der Waals surface area contributed by atoms with Crippen LogP contribution in [0.25, 0.3) is 0 Å². The minimum absolute atomic E-state index is 0.0553. The van der Waals surface area contributed by atoms with Gasteiger partial charge in [-0.25, -0.2) is 0 Å². The van der Waals surface area contributed by atoms with Crippen molar-refractivity contribution < 1.29 is 23.4 Å². The second kappa shape index (κ2) is 3.92. The smallest absolute Gasteiger partial charge is 0.387 e. The van der Waals surface area contributed by atoms with Gasteiger partial charge in [-0.05, 0) is 48.8 Å². The molecule has 5 heteroatoms. The Morgan fingerprint density at radius 2 is 1.79 bits per heavy atom. The molecule has 0 radical (unpaired) electrons. The quantitative estimate of drug-likeness (QED) is 0.912. The van der Waals surface area contributed by atoms with Gasteiger partial charge in [0.2, 0.25) is 0 Å². The number of aliphatic carboxylic acids is 1. The highest BCUT2D eigenvalue weighted by molar-refractivity contribution is 5.83. The van der Waals surface area contributed by atoms with E-state index in [1.807, 2.05) is 0 Å². The zero-order valence-corrected chi connectivity index (χ0v) is 10.2. The van der Waals surface area contributed by atoms with Gasteiger partial charge in [-0.1, -0.05) is 12.1 Å². The summed E-state index contributed by atoms with van der Waals surface area (Å²) in [6, 6.07) is 5.98. The average molecular weight is 268 g/mol. The van der Waals surface area contributed by atoms with Crippen molar-refractivity contribution in [3.05, 3.63) is 29.8 Å². The van der Waals surface area contributed by atoms with Gasteiger partial charge in [0.15, 0.2) is 0 Å². The third kappa shape index (κ3) is 1.97. The highest BCUT2D eigenvalue weighted by atomic mass is 19.3. The molecule has 0 atom stereocenters. The summed E-state index contributed by atoms with van der Waals surface area (Å²) in [5.41, 5.74) is 0.0929. The van der Waals surface area contributed by atoms with Crippen LogP contribution in [0.15, 0.2) is 24.3 Å². The Hall–Kier alpha value is -1.65. The summed E-state index contributed by atoms with van der Waals surface area (Å²) >= 11 is 0. The topological polar surface area (TPSA) is 46.5 Å². The van der Waals surface area contributed by atoms with E-state index in [0.717, 1.165) is 12.8 Å². The predicted octanol–water partition coefficient (Wildman–Crippen LogP) is 3.18. The Balaban J connectivity index is 1.82. The molecule has 2 aliphatic rings. The largest absolute Gasteiger partial charge is 0.481 e. The zero-order chi connectivity index (χ0) is 13.7. The summed E-state index contributed by atoms with van der Waals surface area (Å²) in [6.45, 7) is -2.86. The highest BCUT2D eigenvalue weighted by Crippen LogP contribution is 2.69. The summed E-state index contributed by atoms with van der Waals surface area (Å²) in [5.74, 6) is -0.771. The zero-order valence-electron chi connectivity index (χ0n) is 10.2. The summed E-state index contributed by atoms with van der Waals surface area (Å²) < 4.78 is 28.4. The highest BCUT2D eigenvalue weighted by Gasteiger charge is 2.64. The van der Waals surface area contributed by atoms with E-state index < -0.39 is 18.0 Å². The van der Waals surface area contributed by atoms with Gasteiger partial charge in [-0.15, -0.1) is 0 Å². The Labute approximate surface area is 109 Å². The molecule has 1 spiro atoms. The molecule has 0 aliphatic heterocycles. The number of benzene rings is 1. The molecule has 19 heavy (non-hydrogen) atoms. The van der Waals surface area contributed by atoms with Gasteiger partial charge in [0.25, 0.3) is 0 Å². The SMILES string of the molecule is O=C(O)C1(c2ccc(OC(F)F)cc2)CC2(CC2)C1. The fourth-order valence-corrected chi connectivity index (χ4v) is 3.19. The average Bonchev–Trinajstić information content (AvgIpc) is 3.06. The number of carbonyl (C=O) groups is 1. The molecule has 0 saturated heterocycles. The van der Waals surface area contributed by atoms with Crippen LogP contribution >= 0.6 is 0 Å². The maximum absolute atomic E-state index is 12.1. The first kappa shape index (κ1) is 12.4. The number of hydrogen-bond donors (Lipinski definition) is 1. The number of rotatable bonds is 4. The molecule has 3 nitrogen and oxygen atoms in total. The first-order valence-electron chi connectivity index (χ1n) is 6.25. The number of hydrogen-bond acceptors (Lipinski definition) is 2. The molecule has 0 bridgehead atoms. The van der Waals surface area contributed by atoms with Crippen molar-refractivity contribution in [2.45, 2.75) is 37.7 Å². The maximum atomic E-state index is 12.1. The van der Waals surface area contributed by atoms with E-state index in [4.69, 9.17) is 0 Å². The summed E-state index contributed by atoms with van der Waals surface area (Å²) in [4.78, 5) is 11.5. The van der Waals surface area contributed by atoms with Gasteiger partial charge < -0.3 is 9.84 Å². The van der Waals surface area contributed by atoms with Crippen LogP contribution in [0.3, 0.4) is 0 Å². The van der Waals surface area contributed by atoms with Crippen LogP contribution in [0.2, 0.25) is 0 Å². The van der Waals surface area contributed by atoms with Crippen molar-refractivity contribution in [3.8, 4) is 5.75 Å². The van der Waals surface area contributed by atoms with E-state index in [-0.39, 0.29) is 11.2 Å². The number of halogens is 2. The number of ether oxygens (including phenoxy) is 1. The normalized spacial score (nSPS) is 22.1. The van der Waals surface area contributed by atoms with Gasteiger partial charge in [-0.2, -0.15) is 8.78 Å². The van der Waals surface area contributed by atoms with Crippen molar-refractivity contribution in [3.63, 3.8) is 0 Å². The second-order valence-corrected chi connectivity index (χ2v) is 5.64. The predicted molar refractivity (Wildman–Crippen MR) is 63.3 cm³/mol. The van der Waals surface area contributed by atoms with Crippen molar-refractivity contribution in [2.24, 2.45) is 5.41 Å². The Kier molecular flexibility index (Phi) is 2.56. The van der Waals surface area contributed by atoms with Crippen LogP contribution in [0.1, 0.15) is 31.2 Å². The van der Waals surface area contributed by atoms with Crippen molar-refractivity contribution in [1.82, 2.24) is 0 Å². The fourth-order valence-electron chi connectivity index (χ4n) is 3.19. The molecule has 0 aromatic heterocycles. The first-order chi connectivity index (χ1) is 8.96. The first-order valence-corrected chi connectivity index (χ1v) is 6.25. The van der Waals surface area contributed by atoms with E-state index in [2.05, 4.69) is 4.74 Å². The van der Waals surface area contributed by atoms with E-state index in [9.17, 15) is 18.7 Å². The lowest BCUT2D eigenvalue weighted by atomic mass is 9.56. The van der Waals surface area contributed by atoms with Crippen molar-refractivity contribution >= 4 is 5.97 Å². The van der Waals surface area contributed by atoms with Crippen molar-refractivity contribution in [2.75, 3.05) is 0 Å². The van der Waals surface area contributed by atoms with Gasteiger partial charge >= 0.3 is 12.6 Å². The Bertz CT molecular complexity index is 498. The summed E-state index contributed by atoms with van der Waals surface area (Å²) in [5, 5.41) is 9.46. The van der Waals surface area contributed by atoms with E-state index in [0.29, 0.717) is 18.4 Å². The maximum Gasteiger partial charge on any atom is 0.387 e. The third-order valence-electron chi connectivity index (χ3n) is 4.35. The van der Waals surface area contributed by atoms with Crippen LogP contribution in [0, 0.1) is 5.41 Å². The summed E-state index contributed by atoms with van der Waals surface area (Å²) in [6.07, 6.45) is 3.53. The molecule has 0 amide bonds. The fraction of sp³-hybridized carbons (Fsp3) is 0.500. The number of carboxylic acids is 1. The van der Waals surface area contributed by atoms with Crippen LogP contribution in [0.4, 0.5) is 8.78 Å². The van der Waals surface area contributed by atoms with Crippen LogP contribution < -0.4 is 4.74 Å². The minimum Gasteiger partial charge on any atom is -0.481 e. The second-order valence-electron chi connectivity index (χ2n) is 5.64. The van der Waals surface area contributed by atoms with Crippen molar-refractivity contribution in [1.29, 1.82) is 0 Å². The van der Waals surface area contributed by atoms with E-state index in [1.54, 1.807) is 12.1 Å². The molecule has 0 heterocycles. The molecular formula is C14H14F2O3. The summed E-state index contributed by atoms with van der Waals surface area (Å²) in [7, 11) is 0. The number of alkyl halides is 2. The van der Waals surface area contributed by atoms with Crippen LogP contribution in [0.5, 0.6) is 5.75 Å². The van der Waals surface area contributed by atoms with Gasteiger partial charge in [-0.3, -0.25) is 4.79 Å². The van der Waals surface area contributed by atoms with Crippen LogP contribution in [-0.2, 0) is 10.2 Å². The molecule has 0 unspecified atom stereocenters. The van der Waals surface area contributed by atoms with Gasteiger partial charge in [0, 0.05) is 0 Å². The molecule has 2 aliphatic carbocycles. The van der Waals surface area contributed by atoms with Crippen LogP contribution in [-0.4, -0.2) is 17.7 Å². The standard InChI is InChI=1S/C14H14F2O3/c15-12(16)19-10-3-1-9(2-4-10)14(11(17)18)7-13(8-14)5-6-13/h1-4,12H,5-8H2,(H,17,18). The molecule has 2 saturated carbocycles. The number of carboxylic acid groups (broad SMARTS) is 1. The molecular weight excluding hydrogens is 254 g/mol. The molecule has 1 N–H and O–H groups in total. The molecule has 102 valence electrons. The molecule has 1 aromatic rings. The van der Waals surface area contributed by atoms with E-state index >= 15 is 0 Å². The van der Waals surface area contributed by atoms with E-state index in [1.165, 1.54) is 12.1 Å². The van der Waals surface area contributed by atoms with Gasteiger partial charge in [0.05, 0.1) is 5.41 Å². The lowest BCUT2D eigenvalue weighted by Gasteiger charge is -2.45. The lowest BCUT2D eigenvalue weighted by Crippen LogP contribution is -2.49. The molecule has 1 aromatic carbocycles.